The number of aryl methyl sites for hydroxylation is 2. The zero-order chi connectivity index (χ0) is 13.2. The Kier molecular flexibility index (Phi) is 3.04. The Morgan fingerprint density at radius 1 is 0.895 bits per heavy atom. The van der Waals surface area contributed by atoms with Gasteiger partial charge in [-0.1, -0.05) is 55.5 Å². The van der Waals surface area contributed by atoms with Gasteiger partial charge in [-0.2, -0.15) is 0 Å². The van der Waals surface area contributed by atoms with Crippen molar-refractivity contribution in [2.24, 2.45) is 0 Å². The molecule has 0 aliphatic heterocycles. The first kappa shape index (κ1) is 11.9. The van der Waals surface area contributed by atoms with Crippen LogP contribution in [0.25, 0.3) is 22.0 Å². The predicted octanol–water partition coefficient (Wildman–Crippen LogP) is 4.77. The second kappa shape index (κ2) is 4.85. The van der Waals surface area contributed by atoms with Crippen molar-refractivity contribution < 1.29 is 0 Å². The first-order chi connectivity index (χ1) is 9.29. The lowest BCUT2D eigenvalue weighted by Crippen LogP contribution is -1.92. The van der Waals surface area contributed by atoms with Crippen LogP contribution in [0.3, 0.4) is 0 Å². The van der Waals surface area contributed by atoms with Gasteiger partial charge in [-0.3, -0.25) is 4.98 Å². The van der Waals surface area contributed by atoms with E-state index in [1.165, 1.54) is 22.1 Å². The van der Waals surface area contributed by atoms with E-state index in [1.54, 1.807) is 0 Å². The topological polar surface area (TPSA) is 12.9 Å². The summed E-state index contributed by atoms with van der Waals surface area (Å²) in [6.07, 6.45) is 1.02. The standard InChI is InChI=1S/C18H17N/c1-3-14-10-12-16(15-7-5-4-6-8-15)17-11-9-13(2)19-18(14)17/h4-12H,3H2,1-2H3. The van der Waals surface area contributed by atoms with Crippen LogP contribution < -0.4 is 0 Å². The minimum absolute atomic E-state index is 1.02. The molecule has 0 radical (unpaired) electrons. The zero-order valence-corrected chi connectivity index (χ0v) is 11.4. The highest BCUT2D eigenvalue weighted by molar-refractivity contribution is 5.96. The van der Waals surface area contributed by atoms with Gasteiger partial charge in [0.2, 0.25) is 0 Å². The van der Waals surface area contributed by atoms with Gasteiger partial charge in [0, 0.05) is 11.1 Å². The van der Waals surface area contributed by atoms with E-state index in [1.807, 2.05) is 6.92 Å². The van der Waals surface area contributed by atoms with Crippen LogP contribution in [0.4, 0.5) is 0 Å². The molecule has 0 amide bonds. The van der Waals surface area contributed by atoms with Gasteiger partial charge >= 0.3 is 0 Å². The number of benzene rings is 2. The van der Waals surface area contributed by atoms with Crippen LogP contribution in [0.1, 0.15) is 18.2 Å². The molecule has 0 saturated heterocycles. The Hall–Kier alpha value is -2.15. The molecule has 0 fully saturated rings. The number of nitrogens with zero attached hydrogens (tertiary/aromatic N) is 1. The monoisotopic (exact) mass is 247 g/mol. The second-order valence-electron chi connectivity index (χ2n) is 4.84. The summed E-state index contributed by atoms with van der Waals surface area (Å²) in [5.41, 5.74) is 6.05. The molecular weight excluding hydrogens is 230 g/mol. The average molecular weight is 247 g/mol. The van der Waals surface area contributed by atoms with Crippen molar-refractivity contribution in [1.82, 2.24) is 4.98 Å². The molecule has 0 N–H and O–H groups in total. The third-order valence-electron chi connectivity index (χ3n) is 3.55. The number of hydrogen-bond acceptors (Lipinski definition) is 1. The first-order valence-electron chi connectivity index (χ1n) is 6.74. The third kappa shape index (κ3) is 2.12. The molecule has 0 unspecified atom stereocenters. The smallest absolute Gasteiger partial charge is 0.0743 e. The van der Waals surface area contributed by atoms with Gasteiger partial charge in [0.1, 0.15) is 0 Å². The van der Waals surface area contributed by atoms with Gasteiger partial charge in [0.05, 0.1) is 5.52 Å². The molecule has 1 nitrogen and oxygen atoms in total. The second-order valence-corrected chi connectivity index (χ2v) is 4.84. The largest absolute Gasteiger partial charge is 0.253 e. The first-order valence-corrected chi connectivity index (χ1v) is 6.74. The highest BCUT2D eigenvalue weighted by Crippen LogP contribution is 2.30. The van der Waals surface area contributed by atoms with E-state index in [9.17, 15) is 0 Å². The molecule has 0 atom stereocenters. The lowest BCUT2D eigenvalue weighted by atomic mass is 9.97. The maximum Gasteiger partial charge on any atom is 0.0743 e. The van der Waals surface area contributed by atoms with Gasteiger partial charge in [-0.15, -0.1) is 0 Å². The summed E-state index contributed by atoms with van der Waals surface area (Å²) in [6, 6.07) is 19.2. The van der Waals surface area contributed by atoms with E-state index in [-0.39, 0.29) is 0 Å². The third-order valence-corrected chi connectivity index (χ3v) is 3.55. The molecule has 3 rings (SSSR count). The fraction of sp³-hybridized carbons (Fsp3) is 0.167. The fourth-order valence-corrected chi connectivity index (χ4v) is 2.53. The Bertz CT molecular complexity index is 714. The SMILES string of the molecule is CCc1ccc(-c2ccccc2)c2ccc(C)nc12. The van der Waals surface area contributed by atoms with E-state index in [2.05, 4.69) is 61.5 Å². The molecule has 0 spiro atoms. The summed E-state index contributed by atoms with van der Waals surface area (Å²) >= 11 is 0. The molecular formula is C18H17N. The van der Waals surface area contributed by atoms with Crippen molar-refractivity contribution in [1.29, 1.82) is 0 Å². The summed E-state index contributed by atoms with van der Waals surface area (Å²) in [5, 5.41) is 1.25. The van der Waals surface area contributed by atoms with Crippen LogP contribution in [0, 0.1) is 6.92 Å². The molecule has 2 aromatic carbocycles. The van der Waals surface area contributed by atoms with Crippen molar-refractivity contribution >= 4 is 10.9 Å². The van der Waals surface area contributed by atoms with Crippen molar-refractivity contribution in [2.45, 2.75) is 20.3 Å². The normalized spacial score (nSPS) is 10.8. The van der Waals surface area contributed by atoms with Crippen LogP contribution in [0.2, 0.25) is 0 Å². The van der Waals surface area contributed by atoms with Crippen molar-refractivity contribution in [3.05, 3.63) is 65.9 Å². The average Bonchev–Trinajstić information content (AvgIpc) is 2.47. The molecule has 19 heavy (non-hydrogen) atoms. The molecule has 3 aromatic rings. The van der Waals surface area contributed by atoms with Crippen LogP contribution in [-0.2, 0) is 6.42 Å². The van der Waals surface area contributed by atoms with Crippen LogP contribution >= 0.6 is 0 Å². The number of hydrogen-bond donors (Lipinski definition) is 0. The highest BCUT2D eigenvalue weighted by Gasteiger charge is 2.08. The zero-order valence-electron chi connectivity index (χ0n) is 11.4. The molecule has 0 bridgehead atoms. The quantitative estimate of drug-likeness (QED) is 0.635. The van der Waals surface area contributed by atoms with Gasteiger partial charge in [0.15, 0.2) is 0 Å². The predicted molar refractivity (Wildman–Crippen MR) is 81.3 cm³/mol. The van der Waals surface area contributed by atoms with Gasteiger partial charge < -0.3 is 0 Å². The molecule has 94 valence electrons. The van der Waals surface area contributed by atoms with Gasteiger partial charge in [-0.05, 0) is 36.1 Å². The molecule has 0 aliphatic rings. The summed E-state index contributed by atoms with van der Waals surface area (Å²) < 4.78 is 0. The number of aromatic nitrogens is 1. The van der Waals surface area contributed by atoms with E-state index < -0.39 is 0 Å². The van der Waals surface area contributed by atoms with Crippen LogP contribution in [0.5, 0.6) is 0 Å². The molecule has 1 aromatic heterocycles. The Morgan fingerprint density at radius 2 is 1.68 bits per heavy atom. The number of pyridine rings is 1. The molecule has 1 heterocycles. The molecule has 1 heteroatoms. The summed E-state index contributed by atoms with van der Waals surface area (Å²) in [5.74, 6) is 0. The Labute approximate surface area is 113 Å². The van der Waals surface area contributed by atoms with Crippen molar-refractivity contribution in [3.8, 4) is 11.1 Å². The Balaban J connectivity index is 2.33. The lowest BCUT2D eigenvalue weighted by molar-refractivity contribution is 1.13. The summed E-state index contributed by atoms with van der Waals surface area (Å²) in [7, 11) is 0. The molecule has 0 aliphatic carbocycles. The number of rotatable bonds is 2. The summed E-state index contributed by atoms with van der Waals surface area (Å²) in [4.78, 5) is 4.73. The van der Waals surface area contributed by atoms with Gasteiger partial charge in [-0.25, -0.2) is 0 Å². The van der Waals surface area contributed by atoms with Crippen LogP contribution in [-0.4, -0.2) is 4.98 Å². The maximum atomic E-state index is 4.73. The fourth-order valence-electron chi connectivity index (χ4n) is 2.53. The maximum absolute atomic E-state index is 4.73. The van der Waals surface area contributed by atoms with Crippen LogP contribution in [0.15, 0.2) is 54.6 Å². The van der Waals surface area contributed by atoms with Crippen molar-refractivity contribution in [2.75, 3.05) is 0 Å². The highest BCUT2D eigenvalue weighted by atomic mass is 14.7. The van der Waals surface area contributed by atoms with E-state index in [0.717, 1.165) is 17.6 Å². The number of fused-ring (bicyclic) bond motifs is 1. The van der Waals surface area contributed by atoms with E-state index in [4.69, 9.17) is 4.98 Å². The van der Waals surface area contributed by atoms with E-state index >= 15 is 0 Å². The lowest BCUT2D eigenvalue weighted by Gasteiger charge is -2.10. The molecule has 0 saturated carbocycles. The Morgan fingerprint density at radius 3 is 2.42 bits per heavy atom. The van der Waals surface area contributed by atoms with Gasteiger partial charge in [0.25, 0.3) is 0 Å². The van der Waals surface area contributed by atoms with Crippen molar-refractivity contribution in [3.63, 3.8) is 0 Å². The summed E-state index contributed by atoms with van der Waals surface area (Å²) in [6.45, 7) is 4.23. The minimum atomic E-state index is 1.02. The minimum Gasteiger partial charge on any atom is -0.253 e. The van der Waals surface area contributed by atoms with E-state index in [0.29, 0.717) is 0 Å².